The molecule has 0 spiro atoms. The molecule has 1 heterocycles. The minimum Gasteiger partial charge on any atom is -0.351 e. The smallest absolute Gasteiger partial charge is 0.267 e. The first-order chi connectivity index (χ1) is 12.0. The van der Waals surface area contributed by atoms with Crippen molar-refractivity contribution in [2.75, 3.05) is 0 Å². The molecule has 2 unspecified atom stereocenters. The minimum absolute atomic E-state index is 0.114. The molecule has 1 aromatic heterocycles. The highest BCUT2D eigenvalue weighted by Gasteiger charge is 2.23. The number of halogens is 1. The standard InChI is InChI=1S/C19H22FN3O2/c1-13-4-2-3-5-16(13)21-18(24)12-23-19(25)11-10-17(22-23)14-6-8-15(20)9-7-14/h6-11,13,16H,2-5,12H2,1H3,(H,21,24). The van der Waals surface area contributed by atoms with E-state index in [1.807, 2.05) is 0 Å². The summed E-state index contributed by atoms with van der Waals surface area (Å²) in [5.74, 6) is -0.0874. The van der Waals surface area contributed by atoms with E-state index in [0.29, 0.717) is 17.2 Å². The van der Waals surface area contributed by atoms with E-state index in [-0.39, 0.29) is 29.9 Å². The van der Waals surface area contributed by atoms with Crippen molar-refractivity contribution in [3.8, 4) is 11.3 Å². The first kappa shape index (κ1) is 17.3. The predicted octanol–water partition coefficient (Wildman–Crippen LogP) is 2.74. The van der Waals surface area contributed by atoms with Gasteiger partial charge in [-0.3, -0.25) is 9.59 Å². The summed E-state index contributed by atoms with van der Waals surface area (Å²) < 4.78 is 14.2. The zero-order chi connectivity index (χ0) is 17.8. The Kier molecular flexibility index (Phi) is 5.26. The van der Waals surface area contributed by atoms with Crippen LogP contribution in [0.2, 0.25) is 0 Å². The quantitative estimate of drug-likeness (QED) is 0.928. The molecule has 0 radical (unpaired) electrons. The third kappa shape index (κ3) is 4.32. The average molecular weight is 343 g/mol. The van der Waals surface area contributed by atoms with Crippen LogP contribution in [0.1, 0.15) is 32.6 Å². The van der Waals surface area contributed by atoms with Crippen LogP contribution < -0.4 is 10.9 Å². The molecule has 0 bridgehead atoms. The molecule has 1 aliphatic carbocycles. The van der Waals surface area contributed by atoms with Gasteiger partial charge in [-0.05, 0) is 49.1 Å². The van der Waals surface area contributed by atoms with E-state index in [4.69, 9.17) is 0 Å². The summed E-state index contributed by atoms with van der Waals surface area (Å²) in [6.45, 7) is 2.03. The van der Waals surface area contributed by atoms with Crippen LogP contribution in [0.4, 0.5) is 4.39 Å². The SMILES string of the molecule is CC1CCCCC1NC(=O)Cn1nc(-c2ccc(F)cc2)ccc1=O. The summed E-state index contributed by atoms with van der Waals surface area (Å²) in [5.41, 5.74) is 0.882. The third-order valence-corrected chi connectivity index (χ3v) is 4.76. The van der Waals surface area contributed by atoms with E-state index in [1.54, 1.807) is 18.2 Å². The van der Waals surface area contributed by atoms with Crippen LogP contribution in [0.15, 0.2) is 41.2 Å². The van der Waals surface area contributed by atoms with Gasteiger partial charge < -0.3 is 5.32 Å². The molecule has 3 rings (SSSR count). The van der Waals surface area contributed by atoms with E-state index >= 15 is 0 Å². The van der Waals surface area contributed by atoms with Crippen LogP contribution in [-0.4, -0.2) is 21.7 Å². The molecule has 1 fully saturated rings. The van der Waals surface area contributed by atoms with Gasteiger partial charge in [-0.15, -0.1) is 0 Å². The molecule has 5 nitrogen and oxygen atoms in total. The molecule has 1 amide bonds. The molecule has 0 saturated heterocycles. The van der Waals surface area contributed by atoms with Crippen molar-refractivity contribution in [3.63, 3.8) is 0 Å². The average Bonchev–Trinajstić information content (AvgIpc) is 2.60. The summed E-state index contributed by atoms with van der Waals surface area (Å²) in [5, 5.41) is 7.27. The second-order valence-corrected chi connectivity index (χ2v) is 6.66. The Morgan fingerprint density at radius 3 is 2.64 bits per heavy atom. The molecule has 1 N–H and O–H groups in total. The zero-order valence-corrected chi connectivity index (χ0v) is 14.2. The van der Waals surface area contributed by atoms with Crippen molar-refractivity contribution in [1.29, 1.82) is 0 Å². The van der Waals surface area contributed by atoms with E-state index in [0.717, 1.165) is 23.9 Å². The van der Waals surface area contributed by atoms with Gasteiger partial charge in [0.15, 0.2) is 0 Å². The lowest BCUT2D eigenvalue weighted by atomic mass is 9.86. The van der Waals surface area contributed by atoms with Gasteiger partial charge in [0, 0.05) is 17.7 Å². The van der Waals surface area contributed by atoms with Crippen molar-refractivity contribution in [1.82, 2.24) is 15.1 Å². The first-order valence-electron chi connectivity index (χ1n) is 8.66. The number of aromatic nitrogens is 2. The van der Waals surface area contributed by atoms with E-state index in [1.165, 1.54) is 24.6 Å². The van der Waals surface area contributed by atoms with Crippen molar-refractivity contribution in [2.24, 2.45) is 5.92 Å². The molecule has 2 atom stereocenters. The summed E-state index contributed by atoms with van der Waals surface area (Å²) in [6, 6.07) is 8.98. The fraction of sp³-hybridized carbons (Fsp3) is 0.421. The lowest BCUT2D eigenvalue weighted by Gasteiger charge is -2.29. The van der Waals surface area contributed by atoms with Gasteiger partial charge in [0.1, 0.15) is 12.4 Å². The molecular formula is C19H22FN3O2. The lowest BCUT2D eigenvalue weighted by Crippen LogP contribution is -2.43. The Bertz CT molecular complexity index is 801. The summed E-state index contributed by atoms with van der Waals surface area (Å²) >= 11 is 0. The maximum atomic E-state index is 13.0. The van der Waals surface area contributed by atoms with Crippen LogP contribution in [0.25, 0.3) is 11.3 Å². The number of hydrogen-bond donors (Lipinski definition) is 1. The largest absolute Gasteiger partial charge is 0.351 e. The van der Waals surface area contributed by atoms with Crippen molar-refractivity contribution < 1.29 is 9.18 Å². The molecule has 1 saturated carbocycles. The Labute approximate surface area is 145 Å². The highest BCUT2D eigenvalue weighted by Crippen LogP contribution is 2.23. The minimum atomic E-state index is -0.335. The summed E-state index contributed by atoms with van der Waals surface area (Å²) in [7, 11) is 0. The van der Waals surface area contributed by atoms with Gasteiger partial charge in [0.05, 0.1) is 5.69 Å². The summed E-state index contributed by atoms with van der Waals surface area (Å²) in [6.07, 6.45) is 4.41. The number of carbonyl (C=O) groups is 1. The Morgan fingerprint density at radius 2 is 1.92 bits per heavy atom. The predicted molar refractivity (Wildman–Crippen MR) is 93.5 cm³/mol. The van der Waals surface area contributed by atoms with Crippen LogP contribution in [0.5, 0.6) is 0 Å². The monoisotopic (exact) mass is 343 g/mol. The number of rotatable bonds is 4. The van der Waals surface area contributed by atoms with E-state index in [9.17, 15) is 14.0 Å². The van der Waals surface area contributed by atoms with Crippen LogP contribution in [0.3, 0.4) is 0 Å². The molecule has 0 aliphatic heterocycles. The van der Waals surface area contributed by atoms with Crippen molar-refractivity contribution in [3.05, 3.63) is 52.6 Å². The topological polar surface area (TPSA) is 64.0 Å². The second kappa shape index (κ2) is 7.59. The van der Waals surface area contributed by atoms with Crippen LogP contribution in [0, 0.1) is 11.7 Å². The number of carbonyl (C=O) groups excluding carboxylic acids is 1. The molecule has 132 valence electrons. The first-order valence-corrected chi connectivity index (χ1v) is 8.66. The second-order valence-electron chi connectivity index (χ2n) is 6.66. The van der Waals surface area contributed by atoms with Gasteiger partial charge in [0.25, 0.3) is 5.56 Å². The summed E-state index contributed by atoms with van der Waals surface area (Å²) in [4.78, 5) is 24.3. The van der Waals surface area contributed by atoms with Gasteiger partial charge in [-0.2, -0.15) is 5.10 Å². The van der Waals surface area contributed by atoms with Gasteiger partial charge in [0.2, 0.25) is 5.91 Å². The highest BCUT2D eigenvalue weighted by atomic mass is 19.1. The Hall–Kier alpha value is -2.50. The maximum absolute atomic E-state index is 13.0. The number of benzene rings is 1. The number of nitrogens with one attached hydrogen (secondary N) is 1. The Balaban J connectivity index is 1.73. The van der Waals surface area contributed by atoms with Gasteiger partial charge >= 0.3 is 0 Å². The van der Waals surface area contributed by atoms with Gasteiger partial charge in [-0.1, -0.05) is 19.8 Å². The molecule has 2 aromatic rings. The number of amides is 1. The number of hydrogen-bond acceptors (Lipinski definition) is 3. The molecule has 25 heavy (non-hydrogen) atoms. The van der Waals surface area contributed by atoms with Gasteiger partial charge in [-0.25, -0.2) is 9.07 Å². The lowest BCUT2D eigenvalue weighted by molar-refractivity contribution is -0.123. The van der Waals surface area contributed by atoms with Crippen molar-refractivity contribution in [2.45, 2.75) is 45.2 Å². The fourth-order valence-electron chi connectivity index (χ4n) is 3.26. The Morgan fingerprint density at radius 1 is 1.20 bits per heavy atom. The molecule has 1 aromatic carbocycles. The molecule has 1 aliphatic rings. The zero-order valence-electron chi connectivity index (χ0n) is 14.2. The maximum Gasteiger partial charge on any atom is 0.267 e. The number of nitrogens with zero attached hydrogens (tertiary/aromatic N) is 2. The van der Waals surface area contributed by atoms with Crippen LogP contribution in [-0.2, 0) is 11.3 Å². The molecular weight excluding hydrogens is 321 g/mol. The highest BCUT2D eigenvalue weighted by molar-refractivity contribution is 5.76. The molecule has 6 heteroatoms. The normalized spacial score (nSPS) is 20.2. The van der Waals surface area contributed by atoms with E-state index in [2.05, 4.69) is 17.3 Å². The fourth-order valence-corrected chi connectivity index (χ4v) is 3.26. The van der Waals surface area contributed by atoms with E-state index < -0.39 is 0 Å². The van der Waals surface area contributed by atoms with Crippen molar-refractivity contribution >= 4 is 5.91 Å². The third-order valence-electron chi connectivity index (χ3n) is 4.76. The van der Waals surface area contributed by atoms with Crippen LogP contribution >= 0.6 is 0 Å².